The summed E-state index contributed by atoms with van der Waals surface area (Å²) >= 11 is 0. The predicted molar refractivity (Wildman–Crippen MR) is 196 cm³/mol. The van der Waals surface area contributed by atoms with Crippen molar-refractivity contribution in [3.8, 4) is 0 Å². The maximum Gasteiger partial charge on any atom is 0.408 e. The number of nitrogens with one attached hydrogen (secondary N) is 3. The van der Waals surface area contributed by atoms with E-state index in [0.29, 0.717) is 25.0 Å². The van der Waals surface area contributed by atoms with Crippen LogP contribution >= 0.6 is 0 Å². The van der Waals surface area contributed by atoms with Crippen LogP contribution in [0.25, 0.3) is 10.9 Å². The average molecular weight is 724 g/mol. The molecule has 2 saturated carbocycles. The molecule has 4 fully saturated rings. The van der Waals surface area contributed by atoms with Gasteiger partial charge in [-0.3, -0.25) is 9.59 Å². The Bertz CT molecular complexity index is 1560. The summed E-state index contributed by atoms with van der Waals surface area (Å²) in [5.74, 6) is -1.03. The molecular weight excluding hydrogens is 665 g/mol. The first-order chi connectivity index (χ1) is 24.6. The Morgan fingerprint density at radius 3 is 1.81 bits per heavy atom. The van der Waals surface area contributed by atoms with Crippen molar-refractivity contribution in [1.29, 1.82) is 0 Å². The smallest absolute Gasteiger partial charge is 0.408 e. The molecule has 2 aromatic rings. The Labute approximate surface area is 307 Å². The van der Waals surface area contributed by atoms with Gasteiger partial charge in [-0.2, -0.15) is 0 Å². The van der Waals surface area contributed by atoms with E-state index in [1.807, 2.05) is 16.0 Å². The van der Waals surface area contributed by atoms with Crippen molar-refractivity contribution in [2.24, 2.45) is 11.8 Å². The molecule has 52 heavy (non-hydrogen) atoms. The molecule has 0 spiro atoms. The second kappa shape index (κ2) is 15.3. The largest absolute Gasteiger partial charge is 0.444 e. The highest BCUT2D eigenvalue weighted by atomic mass is 19.1. The van der Waals surface area contributed by atoms with Gasteiger partial charge < -0.3 is 34.9 Å². The summed E-state index contributed by atoms with van der Waals surface area (Å²) in [4.78, 5) is 63.1. The molecule has 2 aliphatic carbocycles. The number of likely N-dealkylation sites (tertiary alicyclic amines) is 2. The van der Waals surface area contributed by atoms with Crippen molar-refractivity contribution in [2.75, 3.05) is 13.1 Å². The maximum atomic E-state index is 14.9. The number of rotatable bonds is 7. The first-order valence-corrected chi connectivity index (χ1v) is 19.5. The third-order valence-corrected chi connectivity index (χ3v) is 11.4. The number of carbonyl (C=O) groups is 4. The highest BCUT2D eigenvalue weighted by Gasteiger charge is 2.55. The number of ether oxygens (including phenoxy) is 2. The van der Waals surface area contributed by atoms with Gasteiger partial charge in [0.2, 0.25) is 11.8 Å². The zero-order valence-corrected chi connectivity index (χ0v) is 31.8. The highest BCUT2D eigenvalue weighted by molar-refractivity contribution is 5.90. The molecule has 0 bridgehead atoms. The van der Waals surface area contributed by atoms with Gasteiger partial charge in [0.25, 0.3) is 0 Å². The second-order valence-corrected chi connectivity index (χ2v) is 17.5. The van der Waals surface area contributed by atoms with E-state index < -0.39 is 35.5 Å². The Balaban J connectivity index is 1.35. The molecule has 4 amide bonds. The first kappa shape index (κ1) is 37.9. The number of fused-ring (bicyclic) bond motifs is 2. The van der Waals surface area contributed by atoms with Gasteiger partial charge in [-0.1, -0.05) is 38.5 Å². The number of carbonyl (C=O) groups excluding carboxylic acids is 4. The van der Waals surface area contributed by atoms with Crippen molar-refractivity contribution in [2.45, 2.75) is 153 Å². The molecule has 2 aliphatic heterocycles. The molecule has 4 aliphatic rings. The number of benzene rings is 1. The van der Waals surface area contributed by atoms with E-state index >= 15 is 0 Å². The fourth-order valence-electron chi connectivity index (χ4n) is 9.22. The van der Waals surface area contributed by atoms with Crippen molar-refractivity contribution in [3.05, 3.63) is 35.8 Å². The lowest BCUT2D eigenvalue weighted by atomic mass is 9.83. The van der Waals surface area contributed by atoms with E-state index in [1.165, 1.54) is 12.1 Å². The maximum absolute atomic E-state index is 14.9. The quantitative estimate of drug-likeness (QED) is 0.278. The van der Waals surface area contributed by atoms with Crippen LogP contribution in [0.3, 0.4) is 0 Å². The molecular formula is C40H58FN5O6. The van der Waals surface area contributed by atoms with E-state index in [-0.39, 0.29) is 47.5 Å². The first-order valence-electron chi connectivity index (χ1n) is 19.5. The zero-order valence-electron chi connectivity index (χ0n) is 31.8. The van der Waals surface area contributed by atoms with Crippen LogP contribution in [0.2, 0.25) is 0 Å². The van der Waals surface area contributed by atoms with E-state index in [0.717, 1.165) is 75.2 Å². The van der Waals surface area contributed by atoms with Crippen molar-refractivity contribution >= 4 is 34.9 Å². The Morgan fingerprint density at radius 1 is 0.769 bits per heavy atom. The van der Waals surface area contributed by atoms with Crippen LogP contribution in [0.1, 0.15) is 124 Å². The summed E-state index contributed by atoms with van der Waals surface area (Å²) in [5, 5.41) is 6.80. The Hall–Kier alpha value is -3.83. The van der Waals surface area contributed by atoms with Crippen LogP contribution in [0, 0.1) is 17.7 Å². The number of aromatic amines is 1. The molecule has 11 nitrogen and oxygen atoms in total. The molecule has 12 heteroatoms. The van der Waals surface area contributed by atoms with Crippen molar-refractivity contribution in [1.82, 2.24) is 25.4 Å². The van der Waals surface area contributed by atoms with E-state index in [1.54, 1.807) is 47.6 Å². The Kier molecular flexibility index (Phi) is 11.1. The average Bonchev–Trinajstić information content (AvgIpc) is 3.79. The molecule has 3 heterocycles. The molecule has 3 N–H and O–H groups in total. The normalized spacial score (nSPS) is 24.3. The lowest BCUT2D eigenvalue weighted by molar-refractivity contribution is -0.138. The second-order valence-electron chi connectivity index (χ2n) is 17.5. The van der Waals surface area contributed by atoms with Gasteiger partial charge in [-0.05, 0) is 109 Å². The number of aromatic nitrogens is 1. The van der Waals surface area contributed by atoms with Gasteiger partial charge in [0.1, 0.15) is 29.1 Å². The number of nitrogens with zero attached hydrogens (tertiary/aromatic N) is 2. The summed E-state index contributed by atoms with van der Waals surface area (Å²) < 4.78 is 25.6. The van der Waals surface area contributed by atoms with Gasteiger partial charge >= 0.3 is 12.2 Å². The lowest BCUT2D eigenvalue weighted by Gasteiger charge is -2.36. The third kappa shape index (κ3) is 8.52. The molecule has 6 rings (SSSR count). The van der Waals surface area contributed by atoms with Gasteiger partial charge in [0.05, 0.1) is 12.1 Å². The van der Waals surface area contributed by atoms with Crippen LogP contribution < -0.4 is 10.6 Å². The van der Waals surface area contributed by atoms with Crippen LogP contribution in [-0.2, 0) is 19.1 Å². The van der Waals surface area contributed by atoms with Gasteiger partial charge in [0, 0.05) is 36.1 Å². The number of amides is 4. The minimum atomic E-state index is -0.764. The minimum absolute atomic E-state index is 0.0322. The standard InChI is InChI=1S/C40H58FN5O6/c1-39(2,3)51-37(49)43-32(24-13-9-7-10-14-24)35(47)45-20-19-31-34(45)29(28-22-42-30-21-26(41)17-18-27(28)30)23-46(31)36(48)33(25-15-11-8-12-16-25)44-38(50)52-40(4,5)6/h17-18,21-22,24-25,29,31-34,42H,7-16,19-20,23H2,1-6H3,(H,43,49)(H,44,50)/t29-,31-,32?,33?,34-/m1/s1. The van der Waals surface area contributed by atoms with E-state index in [9.17, 15) is 23.6 Å². The van der Waals surface area contributed by atoms with Crippen LogP contribution in [-0.4, -0.2) is 87.2 Å². The zero-order chi connectivity index (χ0) is 37.4. The molecule has 1 aromatic heterocycles. The van der Waals surface area contributed by atoms with E-state index in [4.69, 9.17) is 9.47 Å². The fourth-order valence-corrected chi connectivity index (χ4v) is 9.22. The number of alkyl carbamates (subject to hydrolysis) is 2. The van der Waals surface area contributed by atoms with Gasteiger partial charge in [-0.25, -0.2) is 14.0 Å². The van der Waals surface area contributed by atoms with Gasteiger partial charge in [-0.15, -0.1) is 0 Å². The molecule has 5 atom stereocenters. The van der Waals surface area contributed by atoms with Crippen molar-refractivity contribution in [3.63, 3.8) is 0 Å². The number of halogens is 1. The number of H-pyrrole nitrogens is 1. The molecule has 0 radical (unpaired) electrons. The topological polar surface area (TPSA) is 133 Å². The molecule has 1 aromatic carbocycles. The third-order valence-electron chi connectivity index (χ3n) is 11.4. The SMILES string of the molecule is CC(C)(C)OC(=O)NC(C(=O)N1CC[C@@H]2[C@H]1[C@@H](c1c[nH]c3cc(F)ccc13)CN2C(=O)C(NC(=O)OC(C)(C)C)C1CCCCC1)C1CCCCC1. The van der Waals surface area contributed by atoms with Gasteiger partial charge in [0.15, 0.2) is 0 Å². The van der Waals surface area contributed by atoms with Crippen molar-refractivity contribution < 1.29 is 33.0 Å². The minimum Gasteiger partial charge on any atom is -0.444 e. The summed E-state index contributed by atoms with van der Waals surface area (Å²) in [6, 6.07) is 2.41. The summed E-state index contributed by atoms with van der Waals surface area (Å²) in [6.45, 7) is 11.5. The van der Waals surface area contributed by atoms with E-state index in [2.05, 4.69) is 15.6 Å². The summed E-state index contributed by atoms with van der Waals surface area (Å²) in [7, 11) is 0. The fraction of sp³-hybridized carbons (Fsp3) is 0.700. The summed E-state index contributed by atoms with van der Waals surface area (Å²) in [5.41, 5.74) is 0.101. The molecule has 2 unspecified atom stereocenters. The van der Waals surface area contributed by atoms with Crippen LogP contribution in [0.5, 0.6) is 0 Å². The molecule has 2 saturated heterocycles. The lowest BCUT2D eigenvalue weighted by Crippen LogP contribution is -2.56. The monoisotopic (exact) mass is 723 g/mol. The predicted octanol–water partition coefficient (Wildman–Crippen LogP) is 7.15. The summed E-state index contributed by atoms with van der Waals surface area (Å²) in [6.07, 6.45) is 10.6. The highest BCUT2D eigenvalue weighted by Crippen LogP contribution is 2.45. The number of hydrogen-bond donors (Lipinski definition) is 3. The molecule has 286 valence electrons. The van der Waals surface area contributed by atoms with Crippen LogP contribution in [0.15, 0.2) is 24.4 Å². The number of hydrogen-bond acceptors (Lipinski definition) is 6. The Morgan fingerprint density at radius 2 is 1.29 bits per heavy atom. The van der Waals surface area contributed by atoms with Crippen LogP contribution in [0.4, 0.5) is 14.0 Å².